The van der Waals surface area contributed by atoms with Crippen LogP contribution in [-0.2, 0) is 65.0 Å². The highest BCUT2D eigenvalue weighted by atomic mass is 32.2. The van der Waals surface area contributed by atoms with Gasteiger partial charge in [0.1, 0.15) is 0 Å². The summed E-state index contributed by atoms with van der Waals surface area (Å²) in [6.45, 7) is 19.5. The molecule has 24 heteroatoms. The molecular weight excluding hydrogens is 997 g/mol. The third-order valence-electron chi connectivity index (χ3n) is 11.2. The first-order valence-corrected chi connectivity index (χ1v) is 31.2. The van der Waals surface area contributed by atoms with Crippen LogP contribution in [0.5, 0.6) is 0 Å². The zero-order chi connectivity index (χ0) is 54.7. The van der Waals surface area contributed by atoms with E-state index in [9.17, 15) is 52.8 Å². The molecule has 0 heterocycles. The Hall–Kier alpha value is -3.26. The SMILES string of the molecule is CCC(C)[C@@H](CN(CC(=O)N[C@@H](CC(C)C)CN(CC(=O)N[C@@H](CC(C)C)CN(CC(N)=O)S(=O)(=O)Cc1ccccc1)S(=O)(=O)CC(C)C)S(=O)(=O)CC(C)C)NC(=O)CN(CC)S(=O)(=O)CC(C)C. The van der Waals surface area contributed by atoms with Gasteiger partial charge >= 0.3 is 0 Å². The van der Waals surface area contributed by atoms with E-state index in [-0.39, 0.29) is 91.8 Å². The van der Waals surface area contributed by atoms with Gasteiger partial charge in [0, 0.05) is 44.3 Å². The van der Waals surface area contributed by atoms with Crippen molar-refractivity contribution in [1.82, 2.24) is 33.2 Å². The molecule has 0 bridgehead atoms. The lowest BCUT2D eigenvalue weighted by Crippen LogP contribution is -2.55. The Morgan fingerprint density at radius 2 is 0.859 bits per heavy atom. The van der Waals surface area contributed by atoms with Gasteiger partial charge in [-0.2, -0.15) is 17.2 Å². The van der Waals surface area contributed by atoms with Crippen LogP contribution in [0.25, 0.3) is 0 Å². The van der Waals surface area contributed by atoms with Gasteiger partial charge in [0.05, 0.1) is 49.2 Å². The molecule has 1 aromatic carbocycles. The fourth-order valence-corrected chi connectivity index (χ4v) is 14.8. The van der Waals surface area contributed by atoms with Gasteiger partial charge in [0.15, 0.2) is 0 Å². The zero-order valence-corrected chi connectivity index (χ0v) is 47.9. The normalized spacial score (nSPS) is 14.8. The van der Waals surface area contributed by atoms with Crippen molar-refractivity contribution in [1.29, 1.82) is 0 Å². The van der Waals surface area contributed by atoms with Crippen LogP contribution in [0.4, 0.5) is 0 Å². The molecule has 0 spiro atoms. The molecule has 71 heavy (non-hydrogen) atoms. The van der Waals surface area contributed by atoms with Crippen LogP contribution in [0.2, 0.25) is 0 Å². The van der Waals surface area contributed by atoms with E-state index >= 15 is 0 Å². The van der Waals surface area contributed by atoms with E-state index in [1.54, 1.807) is 78.8 Å². The number of benzene rings is 1. The predicted octanol–water partition coefficient (Wildman–Crippen LogP) is 2.78. The molecule has 4 atom stereocenters. The first-order valence-electron chi connectivity index (χ1n) is 24.7. The van der Waals surface area contributed by atoms with Gasteiger partial charge in [0.25, 0.3) is 0 Å². The van der Waals surface area contributed by atoms with Crippen LogP contribution in [0, 0.1) is 35.5 Å². The Labute approximate surface area is 427 Å². The van der Waals surface area contributed by atoms with Crippen molar-refractivity contribution in [3.8, 4) is 0 Å². The Bertz CT molecular complexity index is 2280. The minimum Gasteiger partial charge on any atom is -0.369 e. The zero-order valence-electron chi connectivity index (χ0n) is 44.6. The summed E-state index contributed by atoms with van der Waals surface area (Å²) in [5, 5.41) is 8.49. The smallest absolute Gasteiger partial charge is 0.235 e. The van der Waals surface area contributed by atoms with Gasteiger partial charge in [0.2, 0.25) is 63.7 Å². The molecule has 0 radical (unpaired) electrons. The summed E-state index contributed by atoms with van der Waals surface area (Å²) in [7, 11) is -16.3. The van der Waals surface area contributed by atoms with Gasteiger partial charge in [-0.15, -0.1) is 0 Å². The minimum absolute atomic E-state index is 0.0434. The molecule has 1 aromatic rings. The number of amides is 4. The first-order chi connectivity index (χ1) is 32.6. The summed E-state index contributed by atoms with van der Waals surface area (Å²) in [6, 6.07) is 5.71. The highest BCUT2D eigenvalue weighted by molar-refractivity contribution is 7.89. The maximum Gasteiger partial charge on any atom is 0.235 e. The number of nitrogens with two attached hydrogens (primary N) is 1. The maximum absolute atomic E-state index is 14.1. The van der Waals surface area contributed by atoms with E-state index in [0.29, 0.717) is 12.0 Å². The second kappa shape index (κ2) is 30.2. The Morgan fingerprint density at radius 3 is 1.23 bits per heavy atom. The van der Waals surface area contributed by atoms with Crippen molar-refractivity contribution < 1.29 is 52.8 Å². The van der Waals surface area contributed by atoms with E-state index < -0.39 is 114 Å². The Balaban J connectivity index is 3.61. The van der Waals surface area contributed by atoms with Crippen molar-refractivity contribution in [3.63, 3.8) is 0 Å². The van der Waals surface area contributed by atoms with Crippen LogP contribution in [-0.4, -0.2) is 162 Å². The summed E-state index contributed by atoms with van der Waals surface area (Å²) in [6.07, 6.45) is 0.971. The molecule has 4 amide bonds. The molecule has 0 aliphatic carbocycles. The van der Waals surface area contributed by atoms with Crippen LogP contribution in [0.3, 0.4) is 0 Å². The molecule has 0 fully saturated rings. The number of hydrogen-bond acceptors (Lipinski definition) is 12. The largest absolute Gasteiger partial charge is 0.369 e. The number of sulfonamides is 4. The average Bonchev–Trinajstić information content (AvgIpc) is 3.19. The Kier molecular flexibility index (Phi) is 28.0. The summed E-state index contributed by atoms with van der Waals surface area (Å²) >= 11 is 0. The fraction of sp³-hybridized carbons (Fsp3) is 0.787. The summed E-state index contributed by atoms with van der Waals surface area (Å²) < 4.78 is 114. The molecule has 0 aromatic heterocycles. The lowest BCUT2D eigenvalue weighted by atomic mass is 9.99. The predicted molar refractivity (Wildman–Crippen MR) is 280 cm³/mol. The van der Waals surface area contributed by atoms with Gasteiger partial charge in [-0.05, 0) is 53.9 Å². The fourth-order valence-electron chi connectivity index (χ4n) is 8.01. The van der Waals surface area contributed by atoms with Gasteiger partial charge in [-0.1, -0.05) is 127 Å². The molecule has 1 unspecified atom stereocenters. The number of rotatable bonds is 36. The molecule has 0 saturated heterocycles. The standard InChI is InChI=1S/C47H88N8O12S4/c1-14-39(13)43(51-47(59)27-52(15-2)68(60,61)30-36(7)8)25-55(70(64,65)32-38(11)12)29-46(58)50-42(22-35(5)6)24-54(69(62,63)31-37(9)10)28-45(57)49-41(21-34(3)4)23-53(26-44(48)56)71(66,67)33-40-19-17-16-18-20-40/h16-20,34-39,41-43H,14-15,21-33H2,1-13H3,(H2,48,56)(H,49,57)(H,50,58)(H,51,59)/t39?,41-,42-,43+/m0/s1. The number of nitrogens with zero attached hydrogens (tertiary/aromatic N) is 4. The average molecular weight is 1090 g/mol. The Morgan fingerprint density at radius 1 is 0.493 bits per heavy atom. The quantitative estimate of drug-likeness (QED) is 0.0755. The van der Waals surface area contributed by atoms with E-state index in [1.165, 1.54) is 0 Å². The van der Waals surface area contributed by atoms with E-state index in [0.717, 1.165) is 17.2 Å². The number of likely N-dealkylation sites (N-methyl/N-ethyl adjacent to an activating group) is 1. The summed E-state index contributed by atoms with van der Waals surface area (Å²) in [4.78, 5) is 53.8. The van der Waals surface area contributed by atoms with E-state index in [2.05, 4.69) is 16.0 Å². The van der Waals surface area contributed by atoms with Crippen molar-refractivity contribution >= 4 is 63.7 Å². The molecule has 0 saturated carbocycles. The molecule has 412 valence electrons. The van der Waals surface area contributed by atoms with Crippen molar-refractivity contribution in [2.75, 3.05) is 69.6 Å². The second-order valence-electron chi connectivity index (χ2n) is 20.9. The number of hydrogen-bond donors (Lipinski definition) is 4. The monoisotopic (exact) mass is 1080 g/mol. The molecule has 0 aliphatic rings. The lowest BCUT2D eigenvalue weighted by molar-refractivity contribution is -0.123. The highest BCUT2D eigenvalue weighted by Crippen LogP contribution is 2.19. The lowest BCUT2D eigenvalue weighted by Gasteiger charge is -2.33. The van der Waals surface area contributed by atoms with Gasteiger partial charge in [-0.3, -0.25) is 19.2 Å². The second-order valence-corrected chi connectivity index (χ2v) is 28.9. The highest BCUT2D eigenvalue weighted by Gasteiger charge is 2.35. The van der Waals surface area contributed by atoms with Crippen molar-refractivity contribution in [3.05, 3.63) is 35.9 Å². The molecular formula is C47H88N8O12S4. The van der Waals surface area contributed by atoms with Gasteiger partial charge in [-0.25, -0.2) is 33.7 Å². The number of carbonyl (C=O) groups excluding carboxylic acids is 4. The first kappa shape index (κ1) is 65.8. The number of nitrogens with one attached hydrogen (secondary N) is 3. The third kappa shape index (κ3) is 25.5. The molecule has 20 nitrogen and oxygen atoms in total. The van der Waals surface area contributed by atoms with E-state index in [1.807, 2.05) is 41.5 Å². The molecule has 0 aliphatic heterocycles. The molecule has 1 rings (SSSR count). The van der Waals surface area contributed by atoms with Crippen LogP contribution >= 0.6 is 0 Å². The maximum atomic E-state index is 14.1. The number of carbonyl (C=O) groups is 4. The summed E-state index contributed by atoms with van der Waals surface area (Å²) in [5.41, 5.74) is 5.96. The van der Waals surface area contributed by atoms with E-state index in [4.69, 9.17) is 5.73 Å². The number of primary amides is 1. The van der Waals surface area contributed by atoms with Gasteiger partial charge < -0.3 is 21.7 Å². The summed E-state index contributed by atoms with van der Waals surface area (Å²) in [5.74, 6) is -5.77. The molecule has 5 N–H and O–H groups in total. The van der Waals surface area contributed by atoms with Crippen LogP contribution < -0.4 is 21.7 Å². The third-order valence-corrected chi connectivity index (χ3v) is 19.5. The minimum atomic E-state index is -4.20. The topological polar surface area (TPSA) is 280 Å². The van der Waals surface area contributed by atoms with Crippen molar-refractivity contribution in [2.24, 2.45) is 41.2 Å². The van der Waals surface area contributed by atoms with Crippen molar-refractivity contribution in [2.45, 2.75) is 133 Å². The van der Waals surface area contributed by atoms with Crippen LogP contribution in [0.15, 0.2) is 30.3 Å². The van der Waals surface area contributed by atoms with Crippen LogP contribution in [0.1, 0.15) is 115 Å².